The lowest BCUT2D eigenvalue weighted by Crippen LogP contribution is -2.44. The predicted octanol–water partition coefficient (Wildman–Crippen LogP) is 0.968. The van der Waals surface area contributed by atoms with Gasteiger partial charge in [-0.05, 0) is 26.2 Å². The molecule has 1 aromatic heterocycles. The highest BCUT2D eigenvalue weighted by atomic mass is 32.2. The Bertz CT molecular complexity index is 642. The van der Waals surface area contributed by atoms with Crippen molar-refractivity contribution in [3.05, 3.63) is 10.6 Å². The second-order valence-corrected chi connectivity index (χ2v) is 8.50. The minimum absolute atomic E-state index is 0.0309. The van der Waals surface area contributed by atoms with Crippen LogP contribution in [0.15, 0.2) is 0 Å². The van der Waals surface area contributed by atoms with Crippen LogP contribution in [-0.4, -0.2) is 49.0 Å². The third-order valence-electron chi connectivity index (χ3n) is 3.78. The van der Waals surface area contributed by atoms with Crippen molar-refractivity contribution in [3.8, 4) is 0 Å². The number of carbonyl (C=O) groups is 1. The zero-order chi connectivity index (χ0) is 16.3. The van der Waals surface area contributed by atoms with Crippen LogP contribution in [0.1, 0.15) is 41.0 Å². The number of amides is 1. The zero-order valence-corrected chi connectivity index (χ0v) is 14.5. The number of thiazole rings is 1. The number of nitrogens with two attached hydrogens (primary N) is 1. The number of carbonyl (C=O) groups excluding carboxylic acids is 1. The van der Waals surface area contributed by atoms with Crippen molar-refractivity contribution >= 4 is 32.4 Å². The van der Waals surface area contributed by atoms with E-state index in [1.54, 1.807) is 11.2 Å². The molecule has 7 nitrogen and oxygen atoms in total. The summed E-state index contributed by atoms with van der Waals surface area (Å²) in [5, 5.41) is 3.20. The first kappa shape index (κ1) is 17.2. The molecule has 124 valence electrons. The van der Waals surface area contributed by atoms with Crippen LogP contribution in [0.2, 0.25) is 0 Å². The SMILES string of the molecule is Cc1nc(N)sc1C(=O)NCC[C@H]1CCCCN1S(C)(=O)=O. The monoisotopic (exact) mass is 346 g/mol. The molecule has 0 unspecified atom stereocenters. The number of hydrogen-bond donors (Lipinski definition) is 2. The standard InChI is InChI=1S/C13H22N4O3S2/c1-9-11(21-13(14)16-9)12(18)15-7-6-10-5-3-4-8-17(10)22(2,19)20/h10H,3-8H2,1-2H3,(H2,14,16)(H,15,18)/t10-/m1/s1. The maximum atomic E-state index is 12.1. The van der Waals surface area contributed by atoms with Gasteiger partial charge >= 0.3 is 0 Å². The molecule has 2 heterocycles. The highest BCUT2D eigenvalue weighted by Crippen LogP contribution is 2.22. The molecule has 0 radical (unpaired) electrons. The van der Waals surface area contributed by atoms with E-state index in [1.807, 2.05) is 0 Å². The van der Waals surface area contributed by atoms with Gasteiger partial charge in [0.15, 0.2) is 5.13 Å². The highest BCUT2D eigenvalue weighted by molar-refractivity contribution is 7.88. The Morgan fingerprint density at radius 3 is 2.82 bits per heavy atom. The molecule has 0 aliphatic carbocycles. The average Bonchev–Trinajstić information content (AvgIpc) is 2.77. The molecule has 0 bridgehead atoms. The Morgan fingerprint density at radius 1 is 1.50 bits per heavy atom. The van der Waals surface area contributed by atoms with Gasteiger partial charge in [0.25, 0.3) is 5.91 Å². The number of nitrogens with one attached hydrogen (secondary N) is 1. The summed E-state index contributed by atoms with van der Waals surface area (Å²) in [6.45, 7) is 2.75. The number of rotatable bonds is 5. The third-order valence-corrected chi connectivity index (χ3v) is 6.10. The third kappa shape index (κ3) is 4.17. The van der Waals surface area contributed by atoms with Gasteiger partial charge in [0.2, 0.25) is 10.0 Å². The molecule has 1 saturated heterocycles. The van der Waals surface area contributed by atoms with Crippen molar-refractivity contribution in [1.82, 2.24) is 14.6 Å². The topological polar surface area (TPSA) is 105 Å². The number of piperidine rings is 1. The molecule has 0 saturated carbocycles. The van der Waals surface area contributed by atoms with Crippen LogP contribution < -0.4 is 11.1 Å². The summed E-state index contributed by atoms with van der Waals surface area (Å²) in [7, 11) is -3.19. The first-order chi connectivity index (χ1) is 10.3. The molecule has 1 fully saturated rings. The Kier molecular flexibility index (Phi) is 5.41. The summed E-state index contributed by atoms with van der Waals surface area (Å²) >= 11 is 1.16. The molecule has 1 amide bonds. The maximum absolute atomic E-state index is 12.1. The van der Waals surface area contributed by atoms with Crippen LogP contribution in [-0.2, 0) is 10.0 Å². The molecule has 9 heteroatoms. The second-order valence-electron chi connectivity index (χ2n) is 5.53. The van der Waals surface area contributed by atoms with Gasteiger partial charge < -0.3 is 11.1 Å². The second kappa shape index (κ2) is 6.93. The van der Waals surface area contributed by atoms with Gasteiger partial charge in [0, 0.05) is 19.1 Å². The predicted molar refractivity (Wildman–Crippen MR) is 87.4 cm³/mol. The average molecular weight is 346 g/mol. The fraction of sp³-hybridized carbons (Fsp3) is 0.692. The van der Waals surface area contributed by atoms with Crippen LogP contribution >= 0.6 is 11.3 Å². The molecular formula is C13H22N4O3S2. The van der Waals surface area contributed by atoms with Crippen LogP contribution in [0.4, 0.5) is 5.13 Å². The van der Waals surface area contributed by atoms with Crippen molar-refractivity contribution in [1.29, 1.82) is 0 Å². The molecule has 1 aliphatic rings. The van der Waals surface area contributed by atoms with E-state index in [1.165, 1.54) is 6.26 Å². The van der Waals surface area contributed by atoms with Crippen molar-refractivity contribution in [2.75, 3.05) is 25.1 Å². The summed E-state index contributed by atoms with van der Waals surface area (Å²) in [5.74, 6) is -0.201. The number of nitrogens with zero attached hydrogens (tertiary/aromatic N) is 2. The van der Waals surface area contributed by atoms with Crippen LogP contribution in [0.5, 0.6) is 0 Å². The Balaban J connectivity index is 1.89. The van der Waals surface area contributed by atoms with Gasteiger partial charge in [-0.1, -0.05) is 17.8 Å². The van der Waals surface area contributed by atoms with Crippen molar-refractivity contribution in [3.63, 3.8) is 0 Å². The molecule has 1 aliphatic heterocycles. The summed E-state index contributed by atoms with van der Waals surface area (Å²) < 4.78 is 25.1. The Hall–Kier alpha value is -1.19. The van der Waals surface area contributed by atoms with E-state index in [9.17, 15) is 13.2 Å². The normalized spacial score (nSPS) is 20.0. The van der Waals surface area contributed by atoms with E-state index in [2.05, 4.69) is 10.3 Å². The zero-order valence-electron chi connectivity index (χ0n) is 12.8. The van der Waals surface area contributed by atoms with Crippen LogP contribution in [0.25, 0.3) is 0 Å². The molecular weight excluding hydrogens is 324 g/mol. The lowest BCUT2D eigenvalue weighted by molar-refractivity contribution is 0.0953. The van der Waals surface area contributed by atoms with E-state index in [0.717, 1.165) is 30.6 Å². The van der Waals surface area contributed by atoms with Gasteiger partial charge in [-0.3, -0.25) is 4.79 Å². The lowest BCUT2D eigenvalue weighted by Gasteiger charge is -2.33. The number of sulfonamides is 1. The van der Waals surface area contributed by atoms with E-state index < -0.39 is 10.0 Å². The van der Waals surface area contributed by atoms with E-state index in [4.69, 9.17) is 5.73 Å². The van der Waals surface area contributed by atoms with Crippen LogP contribution in [0, 0.1) is 6.92 Å². The molecule has 0 spiro atoms. The number of anilines is 1. The maximum Gasteiger partial charge on any atom is 0.263 e. The van der Waals surface area contributed by atoms with Crippen molar-refractivity contribution in [2.45, 2.75) is 38.6 Å². The van der Waals surface area contributed by atoms with E-state index >= 15 is 0 Å². The fourth-order valence-corrected chi connectivity index (χ4v) is 4.72. The van der Waals surface area contributed by atoms with E-state index in [-0.39, 0.29) is 11.9 Å². The molecule has 1 aromatic rings. The number of aryl methyl sites for hydroxylation is 1. The summed E-state index contributed by atoms with van der Waals surface area (Å²) in [6, 6.07) is -0.0309. The Morgan fingerprint density at radius 2 is 2.23 bits per heavy atom. The summed E-state index contributed by atoms with van der Waals surface area (Å²) in [5.41, 5.74) is 6.20. The first-order valence-corrected chi connectivity index (χ1v) is 9.93. The van der Waals surface area contributed by atoms with Gasteiger partial charge in [-0.25, -0.2) is 13.4 Å². The smallest absolute Gasteiger partial charge is 0.263 e. The van der Waals surface area contributed by atoms with Crippen LogP contribution in [0.3, 0.4) is 0 Å². The Labute approximate surface area is 135 Å². The highest BCUT2D eigenvalue weighted by Gasteiger charge is 2.29. The van der Waals surface area contributed by atoms with Gasteiger partial charge in [0.1, 0.15) is 4.88 Å². The molecule has 3 N–H and O–H groups in total. The number of hydrogen-bond acceptors (Lipinski definition) is 6. The summed E-state index contributed by atoms with van der Waals surface area (Å²) in [6.07, 6.45) is 4.62. The quantitative estimate of drug-likeness (QED) is 0.826. The first-order valence-electron chi connectivity index (χ1n) is 7.27. The van der Waals surface area contributed by atoms with Crippen molar-refractivity contribution in [2.24, 2.45) is 0 Å². The molecule has 0 aromatic carbocycles. The van der Waals surface area contributed by atoms with Gasteiger partial charge in [-0.2, -0.15) is 4.31 Å². The molecule has 2 rings (SSSR count). The number of aromatic nitrogens is 1. The fourth-order valence-electron chi connectivity index (χ4n) is 2.76. The molecule has 1 atom stereocenters. The van der Waals surface area contributed by atoms with Gasteiger partial charge in [0.05, 0.1) is 11.9 Å². The largest absolute Gasteiger partial charge is 0.375 e. The van der Waals surface area contributed by atoms with E-state index in [0.29, 0.717) is 35.2 Å². The number of nitrogen functional groups attached to an aromatic ring is 1. The lowest BCUT2D eigenvalue weighted by atomic mass is 10.0. The van der Waals surface area contributed by atoms with Crippen molar-refractivity contribution < 1.29 is 13.2 Å². The summed E-state index contributed by atoms with van der Waals surface area (Å²) in [4.78, 5) is 16.6. The minimum atomic E-state index is -3.19. The minimum Gasteiger partial charge on any atom is -0.375 e. The molecule has 22 heavy (non-hydrogen) atoms. The van der Waals surface area contributed by atoms with Gasteiger partial charge in [-0.15, -0.1) is 0 Å².